The summed E-state index contributed by atoms with van der Waals surface area (Å²) >= 11 is 5.81. The van der Waals surface area contributed by atoms with E-state index in [9.17, 15) is 22.8 Å². The third kappa shape index (κ3) is 4.23. The van der Waals surface area contributed by atoms with E-state index >= 15 is 0 Å². The van der Waals surface area contributed by atoms with Gasteiger partial charge < -0.3 is 14.5 Å². The van der Waals surface area contributed by atoms with E-state index in [1.165, 1.54) is 18.2 Å². The molecule has 26 heavy (non-hydrogen) atoms. The first-order chi connectivity index (χ1) is 12.2. The maximum Gasteiger partial charge on any atom is 0.374 e. The molecular weight excluding hydrogens is 386 g/mol. The summed E-state index contributed by atoms with van der Waals surface area (Å²) in [6.45, 7) is -0.613. The molecule has 2 heterocycles. The van der Waals surface area contributed by atoms with E-state index in [0.717, 1.165) is 6.07 Å². The number of benzene rings is 1. The van der Waals surface area contributed by atoms with Crippen LogP contribution in [0.5, 0.6) is 0 Å². The third-order valence-corrected chi connectivity index (χ3v) is 5.83. The van der Waals surface area contributed by atoms with Gasteiger partial charge in [0.25, 0.3) is 5.91 Å². The second-order valence-electron chi connectivity index (χ2n) is 5.86. The van der Waals surface area contributed by atoms with Crippen LogP contribution in [0.3, 0.4) is 0 Å². The van der Waals surface area contributed by atoms with Gasteiger partial charge in [0, 0.05) is 17.1 Å². The fourth-order valence-corrected chi connectivity index (χ4v) is 4.45. The first kappa shape index (κ1) is 18.4. The van der Waals surface area contributed by atoms with Crippen LogP contribution in [0.1, 0.15) is 17.0 Å². The van der Waals surface area contributed by atoms with E-state index in [1.807, 2.05) is 0 Å². The van der Waals surface area contributed by atoms with Crippen LogP contribution >= 0.6 is 11.6 Å². The molecule has 0 saturated carbocycles. The summed E-state index contributed by atoms with van der Waals surface area (Å²) < 4.78 is 32.8. The zero-order chi connectivity index (χ0) is 18.9. The van der Waals surface area contributed by atoms with E-state index in [-0.39, 0.29) is 28.2 Å². The van der Waals surface area contributed by atoms with Crippen molar-refractivity contribution in [1.82, 2.24) is 5.32 Å². The molecule has 0 spiro atoms. The Morgan fingerprint density at radius 1 is 1.31 bits per heavy atom. The minimum Gasteiger partial charge on any atom is -0.450 e. The summed E-state index contributed by atoms with van der Waals surface area (Å²) in [5.74, 6) is -2.07. The smallest absolute Gasteiger partial charge is 0.374 e. The van der Waals surface area contributed by atoms with Gasteiger partial charge in [-0.3, -0.25) is 9.59 Å². The number of amides is 1. The van der Waals surface area contributed by atoms with E-state index < -0.39 is 39.8 Å². The van der Waals surface area contributed by atoms with E-state index in [1.54, 1.807) is 0 Å². The molecule has 0 unspecified atom stereocenters. The first-order valence-electron chi connectivity index (χ1n) is 7.64. The van der Waals surface area contributed by atoms with Crippen LogP contribution in [0.4, 0.5) is 0 Å². The van der Waals surface area contributed by atoms with Gasteiger partial charge in [0.05, 0.1) is 16.9 Å². The van der Waals surface area contributed by atoms with Crippen LogP contribution in [0.2, 0.25) is 5.02 Å². The summed E-state index contributed by atoms with van der Waals surface area (Å²) in [5.41, 5.74) is -0.309. The van der Waals surface area contributed by atoms with Crippen LogP contribution in [0.15, 0.2) is 33.5 Å². The van der Waals surface area contributed by atoms with Crippen LogP contribution < -0.4 is 10.7 Å². The van der Waals surface area contributed by atoms with Crippen molar-refractivity contribution < 1.29 is 27.2 Å². The minimum atomic E-state index is -3.13. The maximum atomic E-state index is 12.0. The summed E-state index contributed by atoms with van der Waals surface area (Å²) in [4.78, 5) is 35.8. The zero-order valence-electron chi connectivity index (χ0n) is 13.4. The van der Waals surface area contributed by atoms with Crippen molar-refractivity contribution in [3.05, 3.63) is 45.3 Å². The standard InChI is InChI=1S/C16H14ClNO7S/c17-9-1-2-13-11(5-9)12(19)6-14(25-13)16(21)24-7-15(20)18-10-3-4-26(22,23)8-10/h1-2,5-6,10H,3-4,7-8H2,(H,18,20)/t10-/m1/s1. The normalized spacial score (nSPS) is 18.6. The molecule has 1 saturated heterocycles. The SMILES string of the molecule is O=C(COC(=O)c1cc(=O)c2cc(Cl)ccc2o1)N[C@@H]1CCS(=O)(=O)C1. The molecular formula is C16H14ClNO7S. The lowest BCUT2D eigenvalue weighted by atomic mass is 10.2. The number of carbonyl (C=O) groups excluding carboxylic acids is 2. The van der Waals surface area contributed by atoms with Crippen molar-refractivity contribution in [2.24, 2.45) is 0 Å². The van der Waals surface area contributed by atoms with Gasteiger partial charge in [0.15, 0.2) is 21.9 Å². The molecule has 3 rings (SSSR count). The molecule has 1 aliphatic heterocycles. The highest BCUT2D eigenvalue weighted by Gasteiger charge is 2.29. The van der Waals surface area contributed by atoms with Crippen LogP contribution in [0.25, 0.3) is 11.0 Å². The highest BCUT2D eigenvalue weighted by molar-refractivity contribution is 7.91. The third-order valence-electron chi connectivity index (χ3n) is 3.82. The molecule has 1 aliphatic rings. The van der Waals surface area contributed by atoms with E-state index in [4.69, 9.17) is 20.8 Å². The van der Waals surface area contributed by atoms with Crippen LogP contribution in [-0.2, 0) is 19.4 Å². The van der Waals surface area contributed by atoms with Gasteiger partial charge in [-0.2, -0.15) is 0 Å². The summed E-state index contributed by atoms with van der Waals surface area (Å²) in [5, 5.41) is 3.06. The van der Waals surface area contributed by atoms with Crippen molar-refractivity contribution in [3.8, 4) is 0 Å². The number of fused-ring (bicyclic) bond motifs is 1. The van der Waals surface area contributed by atoms with Gasteiger partial charge in [0.1, 0.15) is 5.58 Å². The van der Waals surface area contributed by atoms with Gasteiger partial charge in [-0.15, -0.1) is 0 Å². The van der Waals surface area contributed by atoms with Gasteiger partial charge in [-0.25, -0.2) is 13.2 Å². The maximum absolute atomic E-state index is 12.0. The van der Waals surface area contributed by atoms with Gasteiger partial charge >= 0.3 is 5.97 Å². The molecule has 1 atom stereocenters. The summed E-state index contributed by atoms with van der Waals surface area (Å²) in [7, 11) is -3.13. The number of esters is 1. The Morgan fingerprint density at radius 3 is 2.77 bits per heavy atom. The quantitative estimate of drug-likeness (QED) is 0.758. The number of sulfone groups is 1. The Labute approximate surface area is 153 Å². The zero-order valence-corrected chi connectivity index (χ0v) is 14.9. The molecule has 138 valence electrons. The fourth-order valence-electron chi connectivity index (χ4n) is 2.61. The molecule has 1 fully saturated rings. The Hall–Kier alpha value is -2.39. The predicted molar refractivity (Wildman–Crippen MR) is 93.0 cm³/mol. The Bertz CT molecular complexity index is 1040. The van der Waals surface area contributed by atoms with E-state index in [2.05, 4.69) is 5.32 Å². The summed E-state index contributed by atoms with van der Waals surface area (Å²) in [6, 6.07) is 4.84. The lowest BCUT2D eigenvalue weighted by Gasteiger charge is -2.10. The van der Waals surface area contributed by atoms with Crippen molar-refractivity contribution >= 4 is 44.3 Å². The predicted octanol–water partition coefficient (Wildman–Crippen LogP) is 0.907. The largest absolute Gasteiger partial charge is 0.450 e. The number of halogens is 1. The molecule has 1 aromatic heterocycles. The average molecular weight is 400 g/mol. The Balaban J connectivity index is 1.63. The van der Waals surface area contributed by atoms with Crippen LogP contribution in [-0.4, -0.2) is 44.4 Å². The van der Waals surface area contributed by atoms with Gasteiger partial charge in [0.2, 0.25) is 5.76 Å². The molecule has 10 heteroatoms. The number of nitrogens with one attached hydrogen (secondary N) is 1. The second-order valence-corrected chi connectivity index (χ2v) is 8.52. The molecule has 0 aliphatic carbocycles. The fraction of sp³-hybridized carbons (Fsp3) is 0.312. The average Bonchev–Trinajstić information content (AvgIpc) is 2.91. The molecule has 1 N–H and O–H groups in total. The first-order valence-corrected chi connectivity index (χ1v) is 9.84. The summed E-state index contributed by atoms with van der Waals surface area (Å²) in [6.07, 6.45) is 0.324. The van der Waals surface area contributed by atoms with Crippen molar-refractivity contribution in [1.29, 1.82) is 0 Å². The Morgan fingerprint density at radius 2 is 2.08 bits per heavy atom. The Kier molecular flexibility index (Phi) is 5.01. The van der Waals surface area contributed by atoms with E-state index in [0.29, 0.717) is 11.4 Å². The highest BCUT2D eigenvalue weighted by atomic mass is 35.5. The van der Waals surface area contributed by atoms with Crippen molar-refractivity contribution in [3.63, 3.8) is 0 Å². The lowest BCUT2D eigenvalue weighted by molar-refractivity contribution is -0.124. The lowest BCUT2D eigenvalue weighted by Crippen LogP contribution is -2.38. The van der Waals surface area contributed by atoms with Crippen LogP contribution in [0, 0.1) is 0 Å². The number of hydrogen-bond acceptors (Lipinski definition) is 7. The number of carbonyl (C=O) groups is 2. The molecule has 0 radical (unpaired) electrons. The molecule has 0 bridgehead atoms. The molecule has 1 amide bonds. The monoisotopic (exact) mass is 399 g/mol. The topological polar surface area (TPSA) is 120 Å². The minimum absolute atomic E-state index is 0.0179. The second kappa shape index (κ2) is 7.08. The van der Waals surface area contributed by atoms with Gasteiger partial charge in [-0.1, -0.05) is 11.6 Å². The molecule has 2 aromatic rings. The van der Waals surface area contributed by atoms with Crippen molar-refractivity contribution in [2.45, 2.75) is 12.5 Å². The molecule has 8 nitrogen and oxygen atoms in total. The molecule has 1 aromatic carbocycles. The number of hydrogen-bond donors (Lipinski definition) is 1. The van der Waals surface area contributed by atoms with Gasteiger partial charge in [-0.05, 0) is 24.6 Å². The van der Waals surface area contributed by atoms with Crippen molar-refractivity contribution in [2.75, 3.05) is 18.1 Å². The highest BCUT2D eigenvalue weighted by Crippen LogP contribution is 2.18. The number of rotatable bonds is 4. The number of ether oxygens (including phenoxy) is 1.